The fourth-order valence-electron chi connectivity index (χ4n) is 1.54. The highest BCUT2D eigenvalue weighted by atomic mass is 32.2. The molecule has 1 atom stereocenters. The molecule has 1 unspecified atom stereocenters. The van der Waals surface area contributed by atoms with Gasteiger partial charge in [-0.15, -0.1) is 0 Å². The van der Waals surface area contributed by atoms with Crippen LogP contribution < -0.4 is 5.32 Å². The maximum Gasteiger partial charge on any atom is 0.177 e. The SMILES string of the molecule is CSCCC(C)Nc1ccccc1S(C)(=O)=O. The van der Waals surface area contributed by atoms with Gasteiger partial charge in [-0.25, -0.2) is 8.42 Å². The van der Waals surface area contributed by atoms with Crippen LogP contribution in [0.4, 0.5) is 5.69 Å². The summed E-state index contributed by atoms with van der Waals surface area (Å²) in [5, 5.41) is 3.26. The van der Waals surface area contributed by atoms with E-state index in [1.54, 1.807) is 23.9 Å². The number of hydrogen-bond donors (Lipinski definition) is 1. The van der Waals surface area contributed by atoms with Gasteiger partial charge in [0.25, 0.3) is 0 Å². The molecule has 0 radical (unpaired) electrons. The zero-order valence-corrected chi connectivity index (χ0v) is 12.1. The first-order chi connectivity index (χ1) is 7.95. The van der Waals surface area contributed by atoms with E-state index in [1.165, 1.54) is 6.26 Å². The molecule has 0 fully saturated rings. The van der Waals surface area contributed by atoms with E-state index in [4.69, 9.17) is 0 Å². The fourth-order valence-corrected chi connectivity index (χ4v) is 2.98. The summed E-state index contributed by atoms with van der Waals surface area (Å²) in [7, 11) is -3.17. The Bertz CT molecular complexity index is 457. The number of benzene rings is 1. The average Bonchev–Trinajstić information content (AvgIpc) is 2.25. The molecule has 1 rings (SSSR count). The molecule has 0 spiro atoms. The summed E-state index contributed by atoms with van der Waals surface area (Å²) >= 11 is 1.79. The fraction of sp³-hybridized carbons (Fsp3) is 0.500. The third-order valence-corrected chi connectivity index (χ3v) is 4.24. The van der Waals surface area contributed by atoms with Gasteiger partial charge in [-0.3, -0.25) is 0 Å². The van der Waals surface area contributed by atoms with Gasteiger partial charge in [-0.2, -0.15) is 11.8 Å². The molecule has 0 saturated carbocycles. The maximum absolute atomic E-state index is 11.6. The van der Waals surface area contributed by atoms with E-state index in [1.807, 2.05) is 12.1 Å². The van der Waals surface area contributed by atoms with Crippen molar-refractivity contribution in [3.05, 3.63) is 24.3 Å². The Morgan fingerprint density at radius 3 is 2.59 bits per heavy atom. The van der Waals surface area contributed by atoms with Crippen molar-refractivity contribution in [2.75, 3.05) is 23.6 Å². The van der Waals surface area contributed by atoms with Crippen LogP contribution in [0.15, 0.2) is 29.2 Å². The molecular formula is C12H19NO2S2. The molecule has 0 saturated heterocycles. The quantitative estimate of drug-likeness (QED) is 0.865. The number of para-hydroxylation sites is 1. The number of sulfone groups is 1. The molecule has 0 bridgehead atoms. The van der Waals surface area contributed by atoms with Crippen LogP contribution in [0.1, 0.15) is 13.3 Å². The summed E-state index contributed by atoms with van der Waals surface area (Å²) in [6.07, 6.45) is 4.32. The van der Waals surface area contributed by atoms with E-state index in [0.717, 1.165) is 12.2 Å². The van der Waals surface area contributed by atoms with Crippen LogP contribution in [-0.4, -0.2) is 32.7 Å². The van der Waals surface area contributed by atoms with Crippen molar-refractivity contribution in [1.82, 2.24) is 0 Å². The molecule has 1 N–H and O–H groups in total. The number of anilines is 1. The molecule has 0 aliphatic heterocycles. The molecular weight excluding hydrogens is 254 g/mol. The molecule has 0 aromatic heterocycles. The topological polar surface area (TPSA) is 46.2 Å². The number of thioether (sulfide) groups is 1. The van der Waals surface area contributed by atoms with Crippen LogP contribution in [-0.2, 0) is 9.84 Å². The lowest BCUT2D eigenvalue weighted by Gasteiger charge is -2.17. The lowest BCUT2D eigenvalue weighted by Crippen LogP contribution is -2.17. The van der Waals surface area contributed by atoms with Crippen LogP contribution in [0.25, 0.3) is 0 Å². The molecule has 0 heterocycles. The monoisotopic (exact) mass is 273 g/mol. The molecule has 5 heteroatoms. The van der Waals surface area contributed by atoms with Gasteiger partial charge in [-0.05, 0) is 37.5 Å². The van der Waals surface area contributed by atoms with Crippen molar-refractivity contribution < 1.29 is 8.42 Å². The number of hydrogen-bond acceptors (Lipinski definition) is 4. The first-order valence-electron chi connectivity index (χ1n) is 5.49. The summed E-state index contributed by atoms with van der Waals surface area (Å²) in [6, 6.07) is 7.31. The highest BCUT2D eigenvalue weighted by Gasteiger charge is 2.13. The van der Waals surface area contributed by atoms with E-state index in [0.29, 0.717) is 10.6 Å². The van der Waals surface area contributed by atoms with Crippen LogP contribution in [0.5, 0.6) is 0 Å². The number of rotatable bonds is 6. The first-order valence-corrected chi connectivity index (χ1v) is 8.78. The second-order valence-electron chi connectivity index (χ2n) is 4.10. The second kappa shape index (κ2) is 6.31. The molecule has 1 aromatic carbocycles. The molecule has 0 aliphatic rings. The average molecular weight is 273 g/mol. The van der Waals surface area contributed by atoms with E-state index < -0.39 is 9.84 Å². The zero-order chi connectivity index (χ0) is 12.9. The van der Waals surface area contributed by atoms with Crippen LogP contribution in [0.3, 0.4) is 0 Å². The Balaban J connectivity index is 2.84. The third-order valence-electron chi connectivity index (χ3n) is 2.44. The minimum Gasteiger partial charge on any atom is -0.382 e. The van der Waals surface area contributed by atoms with Gasteiger partial charge in [0.15, 0.2) is 9.84 Å². The highest BCUT2D eigenvalue weighted by Crippen LogP contribution is 2.21. The van der Waals surface area contributed by atoms with Crippen LogP contribution >= 0.6 is 11.8 Å². The second-order valence-corrected chi connectivity index (χ2v) is 7.06. The van der Waals surface area contributed by atoms with E-state index >= 15 is 0 Å². The predicted octanol–water partition coefficient (Wildman–Crippen LogP) is 2.64. The number of nitrogens with one attached hydrogen (secondary N) is 1. The molecule has 0 aliphatic carbocycles. The Kier molecular flexibility index (Phi) is 5.33. The summed E-state index contributed by atoms with van der Waals surface area (Å²) in [5.41, 5.74) is 0.698. The van der Waals surface area contributed by atoms with E-state index in [2.05, 4.69) is 18.5 Å². The predicted molar refractivity (Wildman–Crippen MR) is 75.6 cm³/mol. The van der Waals surface area contributed by atoms with Crippen molar-refractivity contribution in [2.24, 2.45) is 0 Å². The summed E-state index contributed by atoms with van der Waals surface area (Å²) < 4.78 is 23.2. The first kappa shape index (κ1) is 14.4. The smallest absolute Gasteiger partial charge is 0.177 e. The van der Waals surface area contributed by atoms with Gasteiger partial charge >= 0.3 is 0 Å². The van der Waals surface area contributed by atoms with Gasteiger partial charge in [0.05, 0.1) is 10.6 Å². The maximum atomic E-state index is 11.6. The van der Waals surface area contributed by atoms with Gasteiger partial charge in [0.2, 0.25) is 0 Å². The normalized spacial score (nSPS) is 13.4. The van der Waals surface area contributed by atoms with Crippen molar-refractivity contribution in [1.29, 1.82) is 0 Å². The largest absolute Gasteiger partial charge is 0.382 e. The lowest BCUT2D eigenvalue weighted by molar-refractivity contribution is 0.602. The summed E-state index contributed by atoms with van der Waals surface area (Å²) in [4.78, 5) is 0.371. The third kappa shape index (κ3) is 4.60. The Morgan fingerprint density at radius 1 is 1.35 bits per heavy atom. The Labute approximate surface area is 108 Å². The van der Waals surface area contributed by atoms with E-state index in [-0.39, 0.29) is 6.04 Å². The van der Waals surface area contributed by atoms with Crippen molar-refractivity contribution in [3.8, 4) is 0 Å². The Hall–Kier alpha value is -0.680. The molecule has 96 valence electrons. The van der Waals surface area contributed by atoms with Crippen LogP contribution in [0, 0.1) is 0 Å². The van der Waals surface area contributed by atoms with E-state index in [9.17, 15) is 8.42 Å². The van der Waals surface area contributed by atoms with Gasteiger partial charge in [0, 0.05) is 12.3 Å². The summed E-state index contributed by atoms with van der Waals surface area (Å²) in [5.74, 6) is 1.06. The van der Waals surface area contributed by atoms with Crippen molar-refractivity contribution >= 4 is 27.3 Å². The van der Waals surface area contributed by atoms with Crippen molar-refractivity contribution in [3.63, 3.8) is 0 Å². The van der Waals surface area contributed by atoms with Gasteiger partial charge in [0.1, 0.15) is 0 Å². The van der Waals surface area contributed by atoms with Gasteiger partial charge < -0.3 is 5.32 Å². The molecule has 1 aromatic rings. The zero-order valence-electron chi connectivity index (χ0n) is 10.4. The minimum atomic E-state index is -3.17. The minimum absolute atomic E-state index is 0.269. The summed E-state index contributed by atoms with van der Waals surface area (Å²) in [6.45, 7) is 2.06. The van der Waals surface area contributed by atoms with Crippen molar-refractivity contribution in [2.45, 2.75) is 24.3 Å². The molecule has 3 nitrogen and oxygen atoms in total. The standard InChI is InChI=1S/C12H19NO2S2/c1-10(8-9-16-2)13-11-6-4-5-7-12(11)17(3,14)15/h4-7,10,13H,8-9H2,1-3H3. The lowest BCUT2D eigenvalue weighted by atomic mass is 10.2. The van der Waals surface area contributed by atoms with Crippen LogP contribution in [0.2, 0.25) is 0 Å². The Morgan fingerprint density at radius 2 is 2.00 bits per heavy atom. The highest BCUT2D eigenvalue weighted by molar-refractivity contribution is 7.98. The van der Waals surface area contributed by atoms with Gasteiger partial charge in [-0.1, -0.05) is 12.1 Å². The molecule has 0 amide bonds. The molecule has 17 heavy (non-hydrogen) atoms.